The highest BCUT2D eigenvalue weighted by molar-refractivity contribution is 7.13. The molecule has 108 valence electrons. The minimum Gasteiger partial charge on any atom is -0.345 e. The molecule has 5 heteroatoms. The summed E-state index contributed by atoms with van der Waals surface area (Å²) < 4.78 is 0. The molecule has 0 aliphatic carbocycles. The van der Waals surface area contributed by atoms with Crippen LogP contribution in [0.4, 0.5) is 5.13 Å². The highest BCUT2D eigenvalue weighted by Gasteiger charge is 2.27. The summed E-state index contributed by atoms with van der Waals surface area (Å²) in [5.41, 5.74) is 1.17. The van der Waals surface area contributed by atoms with E-state index in [1.807, 2.05) is 0 Å². The molecule has 1 N–H and O–H groups in total. The minimum absolute atomic E-state index is 0.592. The molecule has 1 aromatic rings. The Morgan fingerprint density at radius 3 is 2.68 bits per heavy atom. The van der Waals surface area contributed by atoms with Gasteiger partial charge in [-0.2, -0.15) is 0 Å². The van der Waals surface area contributed by atoms with Gasteiger partial charge in [0.2, 0.25) is 0 Å². The molecule has 2 heterocycles. The maximum atomic E-state index is 4.76. The molecule has 0 aromatic carbocycles. The molecule has 1 aliphatic rings. The van der Waals surface area contributed by atoms with Gasteiger partial charge in [-0.25, -0.2) is 4.98 Å². The zero-order chi connectivity index (χ0) is 13.8. The molecule has 1 aromatic heterocycles. The average Bonchev–Trinajstić information content (AvgIpc) is 2.84. The molecule has 0 bridgehead atoms. The smallest absolute Gasteiger partial charge is 0.185 e. The van der Waals surface area contributed by atoms with Gasteiger partial charge >= 0.3 is 0 Å². The van der Waals surface area contributed by atoms with Gasteiger partial charge in [0.1, 0.15) is 0 Å². The van der Waals surface area contributed by atoms with Crippen LogP contribution in [0.15, 0.2) is 5.38 Å². The number of anilines is 1. The van der Waals surface area contributed by atoms with Crippen molar-refractivity contribution in [3.05, 3.63) is 11.1 Å². The predicted octanol–water partition coefficient (Wildman–Crippen LogP) is 2.17. The van der Waals surface area contributed by atoms with Crippen molar-refractivity contribution in [3.8, 4) is 0 Å². The van der Waals surface area contributed by atoms with E-state index in [1.165, 1.54) is 17.2 Å². The Balaban J connectivity index is 1.94. The van der Waals surface area contributed by atoms with Gasteiger partial charge in [0.25, 0.3) is 0 Å². The Hall–Kier alpha value is -0.650. The monoisotopic (exact) mass is 282 g/mol. The van der Waals surface area contributed by atoms with Crippen molar-refractivity contribution in [1.29, 1.82) is 0 Å². The van der Waals surface area contributed by atoms with Crippen LogP contribution in [0.25, 0.3) is 0 Å². The maximum Gasteiger partial charge on any atom is 0.185 e. The fourth-order valence-corrected chi connectivity index (χ4v) is 3.32. The van der Waals surface area contributed by atoms with Gasteiger partial charge in [-0.15, -0.1) is 11.3 Å². The lowest BCUT2D eigenvalue weighted by atomic mass is 10.1. The molecular weight excluding hydrogens is 256 g/mol. The van der Waals surface area contributed by atoms with Gasteiger partial charge in [0, 0.05) is 37.1 Å². The molecule has 2 atom stereocenters. The molecule has 1 aliphatic heterocycles. The summed E-state index contributed by atoms with van der Waals surface area (Å²) >= 11 is 1.78. The van der Waals surface area contributed by atoms with Crippen molar-refractivity contribution in [2.45, 2.75) is 45.8 Å². The number of aromatic nitrogens is 1. The van der Waals surface area contributed by atoms with Gasteiger partial charge in [0.05, 0.1) is 5.69 Å². The van der Waals surface area contributed by atoms with Crippen molar-refractivity contribution in [2.24, 2.45) is 0 Å². The van der Waals surface area contributed by atoms with Gasteiger partial charge < -0.3 is 10.2 Å². The Labute approximate surface area is 120 Å². The summed E-state index contributed by atoms with van der Waals surface area (Å²) in [6, 6.07) is 1.18. The molecule has 4 nitrogen and oxygen atoms in total. The molecule has 2 unspecified atom stereocenters. The first-order chi connectivity index (χ1) is 9.11. The zero-order valence-corrected chi connectivity index (χ0v) is 13.3. The molecule has 0 saturated carbocycles. The van der Waals surface area contributed by atoms with E-state index >= 15 is 0 Å². The summed E-state index contributed by atoms with van der Waals surface area (Å²) in [5, 5.41) is 6.78. The lowest BCUT2D eigenvalue weighted by molar-refractivity contribution is 0.170. The molecular formula is C14H26N4S. The maximum absolute atomic E-state index is 4.76. The standard InChI is InChI=1S/C14H26N4S/c1-5-6-15-7-13-10-19-14(16-13)18-8-11(2)17(4)12(3)9-18/h10-12,15H,5-9H2,1-4H3. The highest BCUT2D eigenvalue weighted by Crippen LogP contribution is 2.25. The number of nitrogens with one attached hydrogen (secondary N) is 1. The number of piperazine rings is 1. The van der Waals surface area contributed by atoms with Crippen LogP contribution in [0.1, 0.15) is 32.9 Å². The first-order valence-electron chi connectivity index (χ1n) is 7.23. The number of hydrogen-bond acceptors (Lipinski definition) is 5. The van der Waals surface area contributed by atoms with Crippen molar-refractivity contribution >= 4 is 16.5 Å². The van der Waals surface area contributed by atoms with Crippen LogP contribution in [0.3, 0.4) is 0 Å². The first-order valence-corrected chi connectivity index (χ1v) is 8.11. The van der Waals surface area contributed by atoms with Crippen molar-refractivity contribution in [2.75, 3.05) is 31.6 Å². The van der Waals surface area contributed by atoms with Crippen LogP contribution in [-0.2, 0) is 6.54 Å². The zero-order valence-electron chi connectivity index (χ0n) is 12.5. The minimum atomic E-state index is 0.592. The van der Waals surface area contributed by atoms with E-state index in [0.717, 1.165) is 26.2 Å². The first kappa shape index (κ1) is 14.8. The molecule has 0 amide bonds. The third-order valence-electron chi connectivity index (χ3n) is 3.90. The summed E-state index contributed by atoms with van der Waals surface area (Å²) in [4.78, 5) is 9.65. The number of nitrogens with zero attached hydrogens (tertiary/aromatic N) is 3. The van der Waals surface area contributed by atoms with Gasteiger partial charge in [-0.05, 0) is 33.9 Å². The van der Waals surface area contributed by atoms with E-state index in [9.17, 15) is 0 Å². The molecule has 1 fully saturated rings. The number of rotatable bonds is 5. The predicted molar refractivity (Wildman–Crippen MR) is 83.0 cm³/mol. The Kier molecular flexibility index (Phi) is 5.19. The Morgan fingerprint density at radius 2 is 2.05 bits per heavy atom. The van der Waals surface area contributed by atoms with E-state index in [-0.39, 0.29) is 0 Å². The SMILES string of the molecule is CCCNCc1csc(N2CC(C)N(C)C(C)C2)n1. The molecule has 19 heavy (non-hydrogen) atoms. The summed E-state index contributed by atoms with van der Waals surface area (Å²) in [7, 11) is 2.22. The molecule has 0 spiro atoms. The third kappa shape index (κ3) is 3.68. The largest absolute Gasteiger partial charge is 0.345 e. The number of thiazole rings is 1. The van der Waals surface area contributed by atoms with E-state index in [2.05, 4.69) is 48.3 Å². The van der Waals surface area contributed by atoms with Gasteiger partial charge in [-0.1, -0.05) is 6.92 Å². The van der Waals surface area contributed by atoms with Gasteiger partial charge in [-0.3, -0.25) is 4.90 Å². The lowest BCUT2D eigenvalue weighted by Crippen LogP contribution is -2.55. The van der Waals surface area contributed by atoms with Crippen LogP contribution in [0, 0.1) is 0 Å². The van der Waals surface area contributed by atoms with Crippen LogP contribution < -0.4 is 10.2 Å². The second kappa shape index (κ2) is 6.68. The fraction of sp³-hybridized carbons (Fsp3) is 0.786. The summed E-state index contributed by atoms with van der Waals surface area (Å²) in [6.07, 6.45) is 1.17. The van der Waals surface area contributed by atoms with Crippen LogP contribution in [-0.4, -0.2) is 48.6 Å². The van der Waals surface area contributed by atoms with E-state index in [4.69, 9.17) is 4.98 Å². The Bertz CT molecular complexity index is 381. The van der Waals surface area contributed by atoms with Crippen molar-refractivity contribution in [1.82, 2.24) is 15.2 Å². The fourth-order valence-electron chi connectivity index (χ4n) is 2.48. The van der Waals surface area contributed by atoms with Gasteiger partial charge in [0.15, 0.2) is 5.13 Å². The second-order valence-electron chi connectivity index (χ2n) is 5.57. The van der Waals surface area contributed by atoms with Crippen LogP contribution >= 0.6 is 11.3 Å². The molecule has 0 radical (unpaired) electrons. The number of likely N-dealkylation sites (N-methyl/N-ethyl adjacent to an activating group) is 1. The van der Waals surface area contributed by atoms with E-state index in [1.54, 1.807) is 11.3 Å². The van der Waals surface area contributed by atoms with Crippen molar-refractivity contribution < 1.29 is 0 Å². The molecule has 1 saturated heterocycles. The third-order valence-corrected chi connectivity index (χ3v) is 4.85. The second-order valence-corrected chi connectivity index (χ2v) is 6.40. The lowest BCUT2D eigenvalue weighted by Gasteiger charge is -2.42. The van der Waals surface area contributed by atoms with Crippen LogP contribution in [0.5, 0.6) is 0 Å². The summed E-state index contributed by atoms with van der Waals surface area (Å²) in [6.45, 7) is 10.9. The van der Waals surface area contributed by atoms with E-state index in [0.29, 0.717) is 12.1 Å². The average molecular weight is 282 g/mol. The van der Waals surface area contributed by atoms with E-state index < -0.39 is 0 Å². The Morgan fingerprint density at radius 1 is 1.37 bits per heavy atom. The summed E-state index contributed by atoms with van der Waals surface area (Å²) in [5.74, 6) is 0. The van der Waals surface area contributed by atoms with Crippen molar-refractivity contribution in [3.63, 3.8) is 0 Å². The highest BCUT2D eigenvalue weighted by atomic mass is 32.1. The quantitative estimate of drug-likeness (QED) is 0.839. The normalized spacial score (nSPS) is 24.9. The molecule has 2 rings (SSSR count). The van der Waals surface area contributed by atoms with Crippen LogP contribution in [0.2, 0.25) is 0 Å². The number of hydrogen-bond donors (Lipinski definition) is 1. The topological polar surface area (TPSA) is 31.4 Å².